The van der Waals surface area contributed by atoms with Gasteiger partial charge in [-0.2, -0.15) is 0 Å². The molecule has 2 aliphatic rings. The van der Waals surface area contributed by atoms with Crippen LogP contribution in [-0.2, 0) is 27.3 Å². The van der Waals surface area contributed by atoms with Gasteiger partial charge >= 0.3 is 0 Å². The van der Waals surface area contributed by atoms with Crippen molar-refractivity contribution in [1.82, 2.24) is 20.4 Å². The zero-order chi connectivity index (χ0) is 31.8. The lowest BCUT2D eigenvalue weighted by molar-refractivity contribution is -0.142. The molecule has 3 N–H and O–H groups in total. The summed E-state index contributed by atoms with van der Waals surface area (Å²) in [6.07, 6.45) is 0.768. The minimum Gasteiger partial charge on any atom is -0.342 e. The lowest BCUT2D eigenvalue weighted by Gasteiger charge is -2.37. The van der Waals surface area contributed by atoms with Gasteiger partial charge in [0.2, 0.25) is 17.7 Å². The van der Waals surface area contributed by atoms with Crippen LogP contribution in [0.15, 0.2) is 72.8 Å². The molecule has 236 valence electrons. The van der Waals surface area contributed by atoms with E-state index in [0.29, 0.717) is 35.7 Å². The van der Waals surface area contributed by atoms with E-state index in [9.17, 15) is 19.2 Å². The van der Waals surface area contributed by atoms with Crippen LogP contribution < -0.4 is 16.0 Å². The van der Waals surface area contributed by atoms with Crippen molar-refractivity contribution < 1.29 is 19.2 Å². The van der Waals surface area contributed by atoms with Crippen LogP contribution in [0.4, 0.5) is 5.69 Å². The molecule has 5 rings (SSSR count). The minimum atomic E-state index is -0.822. The van der Waals surface area contributed by atoms with E-state index in [-0.39, 0.29) is 42.9 Å². The normalized spacial score (nSPS) is 17.2. The highest BCUT2D eigenvalue weighted by molar-refractivity contribution is 6.31. The molecule has 3 aromatic carbocycles. The Kier molecular flexibility index (Phi) is 11.0. The summed E-state index contributed by atoms with van der Waals surface area (Å²) in [5.41, 5.74) is 3.93. The second-order valence-corrected chi connectivity index (χ2v) is 12.1. The van der Waals surface area contributed by atoms with E-state index in [0.717, 1.165) is 42.9 Å². The smallest absolute Gasteiger partial charge is 0.246 e. The van der Waals surface area contributed by atoms with Gasteiger partial charge in [-0.15, -0.1) is 0 Å². The predicted molar refractivity (Wildman–Crippen MR) is 175 cm³/mol. The second kappa shape index (κ2) is 15.3. The second-order valence-electron chi connectivity index (χ2n) is 11.7. The van der Waals surface area contributed by atoms with Crippen molar-refractivity contribution in [1.29, 1.82) is 0 Å². The van der Waals surface area contributed by atoms with Gasteiger partial charge in [-0.25, -0.2) is 0 Å². The van der Waals surface area contributed by atoms with Gasteiger partial charge in [0.1, 0.15) is 12.1 Å². The quantitative estimate of drug-likeness (QED) is 0.277. The summed E-state index contributed by atoms with van der Waals surface area (Å²) >= 11 is 6.19. The zero-order valence-corrected chi connectivity index (χ0v) is 26.3. The van der Waals surface area contributed by atoms with Crippen LogP contribution in [0.2, 0.25) is 5.02 Å². The van der Waals surface area contributed by atoms with Crippen molar-refractivity contribution in [3.8, 4) is 0 Å². The molecule has 45 heavy (non-hydrogen) atoms. The molecule has 0 spiro atoms. The first-order valence-corrected chi connectivity index (χ1v) is 15.9. The fourth-order valence-corrected chi connectivity index (χ4v) is 6.00. The molecule has 2 aliphatic heterocycles. The van der Waals surface area contributed by atoms with Crippen molar-refractivity contribution >= 4 is 40.8 Å². The lowest BCUT2D eigenvalue weighted by atomic mass is 9.92. The Bertz CT molecular complexity index is 1530. The summed E-state index contributed by atoms with van der Waals surface area (Å²) in [6, 6.07) is 20.3. The summed E-state index contributed by atoms with van der Waals surface area (Å²) in [6.45, 7) is 6.23. The average Bonchev–Trinajstić information content (AvgIpc) is 3.07. The molecule has 0 saturated carbocycles. The topological polar surface area (TPSA) is 111 Å². The van der Waals surface area contributed by atoms with E-state index < -0.39 is 12.1 Å². The number of amides is 3. The highest BCUT2D eigenvalue weighted by Gasteiger charge is 2.36. The molecule has 0 radical (unpaired) electrons. The molecule has 0 aliphatic carbocycles. The lowest BCUT2D eigenvalue weighted by Crippen LogP contribution is -2.56. The number of nitrogens with one attached hydrogen (secondary N) is 3. The number of aryl methyl sites for hydroxylation is 1. The van der Waals surface area contributed by atoms with E-state index in [1.807, 2.05) is 37.3 Å². The largest absolute Gasteiger partial charge is 0.342 e. The standard InChI is InChI=1S/C35H40ClN5O4/c1-24-21-28(11-12-29(24)36)38-34(44)30(15-18-40-19-16-37-17-20-40)39-35(45)31-22-26-9-5-6-10-27(26)23-41(31)33(43)14-13-32(42)25-7-3-2-4-8-25/h2-12,21,30-31,37H,13-20,22-23H2,1H3,(H,38,44)(H,39,45)/t30?,31-/m0/s1. The molecule has 1 saturated heterocycles. The number of ketones is 1. The summed E-state index contributed by atoms with van der Waals surface area (Å²) in [7, 11) is 0. The van der Waals surface area contributed by atoms with Crippen molar-refractivity contribution in [3.63, 3.8) is 0 Å². The Hall–Kier alpha value is -4.05. The third-order valence-electron chi connectivity index (χ3n) is 8.54. The predicted octanol–water partition coefficient (Wildman–Crippen LogP) is 3.98. The highest BCUT2D eigenvalue weighted by Crippen LogP contribution is 2.25. The van der Waals surface area contributed by atoms with Crippen molar-refractivity contribution in [2.75, 3.05) is 38.0 Å². The molecule has 1 fully saturated rings. The van der Waals surface area contributed by atoms with E-state index in [4.69, 9.17) is 11.6 Å². The fraction of sp³-hybridized carbons (Fsp3) is 0.371. The van der Waals surface area contributed by atoms with Crippen LogP contribution >= 0.6 is 11.6 Å². The minimum absolute atomic E-state index is 0.0114. The first-order chi connectivity index (χ1) is 21.8. The molecule has 2 atom stereocenters. The van der Waals surface area contributed by atoms with Gasteiger partial charge in [0.05, 0.1) is 0 Å². The molecule has 0 aromatic heterocycles. The van der Waals surface area contributed by atoms with Gasteiger partial charge in [-0.1, -0.05) is 66.2 Å². The first-order valence-electron chi connectivity index (χ1n) is 15.5. The monoisotopic (exact) mass is 629 g/mol. The van der Waals surface area contributed by atoms with Crippen LogP contribution in [0, 0.1) is 6.92 Å². The number of carbonyl (C=O) groups excluding carboxylic acids is 4. The third-order valence-corrected chi connectivity index (χ3v) is 8.96. The number of carbonyl (C=O) groups is 4. The molecule has 9 nitrogen and oxygen atoms in total. The number of fused-ring (bicyclic) bond motifs is 1. The fourth-order valence-electron chi connectivity index (χ4n) is 5.89. The van der Waals surface area contributed by atoms with E-state index in [1.54, 1.807) is 47.4 Å². The number of piperazine rings is 1. The van der Waals surface area contributed by atoms with Gasteiger partial charge in [0.15, 0.2) is 5.78 Å². The summed E-state index contributed by atoms with van der Waals surface area (Å²) in [4.78, 5) is 57.8. The SMILES string of the molecule is Cc1cc(NC(=O)C(CCN2CCNCC2)NC(=O)[C@@H]2Cc3ccccc3CN2C(=O)CCC(=O)c2ccccc2)ccc1Cl. The van der Waals surface area contributed by atoms with Crippen LogP contribution in [0.25, 0.3) is 0 Å². The van der Waals surface area contributed by atoms with Gasteiger partial charge in [0, 0.05) is 74.8 Å². The molecule has 0 bridgehead atoms. The summed E-state index contributed by atoms with van der Waals surface area (Å²) in [5.74, 6) is -1.11. The Morgan fingerprint density at radius 2 is 1.64 bits per heavy atom. The maximum Gasteiger partial charge on any atom is 0.246 e. The van der Waals surface area contributed by atoms with Crippen molar-refractivity contribution in [3.05, 3.63) is 100 Å². The van der Waals surface area contributed by atoms with E-state index in [2.05, 4.69) is 20.9 Å². The van der Waals surface area contributed by atoms with Crippen LogP contribution in [0.3, 0.4) is 0 Å². The molecule has 2 heterocycles. The Labute approximate surface area is 269 Å². The summed E-state index contributed by atoms with van der Waals surface area (Å²) < 4.78 is 0. The third kappa shape index (κ3) is 8.57. The highest BCUT2D eigenvalue weighted by atomic mass is 35.5. The van der Waals surface area contributed by atoms with Gasteiger partial charge < -0.3 is 25.8 Å². The van der Waals surface area contributed by atoms with E-state index in [1.165, 1.54) is 0 Å². The number of hydrogen-bond donors (Lipinski definition) is 3. The molecule has 10 heteroatoms. The first kappa shape index (κ1) is 32.3. The van der Waals surface area contributed by atoms with Crippen molar-refractivity contribution in [2.45, 2.75) is 51.2 Å². The van der Waals surface area contributed by atoms with Crippen LogP contribution in [0.1, 0.15) is 46.3 Å². The Morgan fingerprint density at radius 3 is 2.38 bits per heavy atom. The molecular weight excluding hydrogens is 590 g/mol. The molecule has 1 unspecified atom stereocenters. The number of benzene rings is 3. The summed E-state index contributed by atoms with van der Waals surface area (Å²) in [5, 5.41) is 9.88. The number of halogens is 1. The molecular formula is C35H40ClN5O4. The maximum atomic E-state index is 14.0. The number of Topliss-reactive ketones (excluding diaryl/α,β-unsaturated/α-hetero) is 1. The molecule has 3 amide bonds. The van der Waals surface area contributed by atoms with Gasteiger partial charge in [0.25, 0.3) is 0 Å². The van der Waals surface area contributed by atoms with Crippen LogP contribution in [0.5, 0.6) is 0 Å². The number of hydrogen-bond acceptors (Lipinski definition) is 6. The zero-order valence-electron chi connectivity index (χ0n) is 25.6. The maximum absolute atomic E-state index is 14.0. The number of anilines is 1. The Morgan fingerprint density at radius 1 is 0.933 bits per heavy atom. The van der Waals surface area contributed by atoms with Crippen molar-refractivity contribution in [2.24, 2.45) is 0 Å². The van der Waals surface area contributed by atoms with Gasteiger partial charge in [-0.05, 0) is 48.2 Å². The average molecular weight is 630 g/mol. The Balaban J connectivity index is 1.32. The number of nitrogens with zero attached hydrogens (tertiary/aromatic N) is 2. The van der Waals surface area contributed by atoms with Gasteiger partial charge in [-0.3, -0.25) is 19.2 Å². The number of rotatable bonds is 11. The van der Waals surface area contributed by atoms with E-state index >= 15 is 0 Å². The molecule has 3 aromatic rings. The van der Waals surface area contributed by atoms with Crippen LogP contribution in [-0.4, -0.2) is 78.1 Å².